The minimum Gasteiger partial charge on any atom is -0.383 e. The number of methoxy groups -OCH3 is 1. The van der Waals surface area contributed by atoms with Gasteiger partial charge in [0.25, 0.3) is 5.91 Å². The molecule has 0 atom stereocenters. The number of rotatable bonds is 6. The lowest BCUT2D eigenvalue weighted by atomic mass is 9.83. The molecule has 0 spiro atoms. The Bertz CT molecular complexity index is 577. The molecule has 8 heteroatoms. The minimum atomic E-state index is -0.171. The zero-order valence-electron chi connectivity index (χ0n) is 13.6. The van der Waals surface area contributed by atoms with Crippen LogP contribution in [0.25, 0.3) is 0 Å². The summed E-state index contributed by atoms with van der Waals surface area (Å²) in [6, 6.07) is 0.123. The fraction of sp³-hybridized carbons (Fsp3) is 0.733. The van der Waals surface area contributed by atoms with Crippen LogP contribution in [0.4, 0.5) is 0 Å². The lowest BCUT2D eigenvalue weighted by Crippen LogP contribution is -2.53. The molecule has 0 bridgehead atoms. The first kappa shape index (κ1) is 15.9. The Morgan fingerprint density at radius 3 is 2.74 bits per heavy atom. The van der Waals surface area contributed by atoms with Crippen LogP contribution in [-0.2, 0) is 9.53 Å². The van der Waals surface area contributed by atoms with Crippen LogP contribution in [0.2, 0.25) is 0 Å². The molecule has 1 aliphatic carbocycles. The Labute approximate surface area is 135 Å². The fourth-order valence-corrected chi connectivity index (χ4v) is 2.79. The van der Waals surface area contributed by atoms with Crippen molar-refractivity contribution in [3.05, 3.63) is 11.9 Å². The van der Waals surface area contributed by atoms with Crippen LogP contribution in [0, 0.1) is 5.92 Å². The van der Waals surface area contributed by atoms with E-state index in [9.17, 15) is 9.59 Å². The quantitative estimate of drug-likeness (QED) is 0.747. The van der Waals surface area contributed by atoms with Crippen LogP contribution in [0.15, 0.2) is 6.20 Å². The van der Waals surface area contributed by atoms with Gasteiger partial charge < -0.3 is 14.5 Å². The summed E-state index contributed by atoms with van der Waals surface area (Å²) in [5, 5.41) is 8.00. The van der Waals surface area contributed by atoms with Crippen molar-refractivity contribution in [3.8, 4) is 0 Å². The predicted molar refractivity (Wildman–Crippen MR) is 81.8 cm³/mol. The Balaban J connectivity index is 1.52. The standard InChI is InChI=1S/C15H23N5O3/c1-18(6-7-23-2)15(22)13-10-20(17-16-13)12-8-19(9-12)14(21)11-4-3-5-11/h10-12H,3-9H2,1-2H3. The topological polar surface area (TPSA) is 80.6 Å². The molecule has 2 aliphatic rings. The van der Waals surface area contributed by atoms with Gasteiger partial charge in [0.1, 0.15) is 0 Å². The van der Waals surface area contributed by atoms with Crippen molar-refractivity contribution in [2.45, 2.75) is 25.3 Å². The van der Waals surface area contributed by atoms with Gasteiger partial charge in [-0.1, -0.05) is 11.6 Å². The minimum absolute atomic E-state index is 0.123. The molecule has 2 heterocycles. The first-order chi connectivity index (χ1) is 11.1. The molecule has 0 aromatic carbocycles. The maximum atomic E-state index is 12.2. The molecule has 3 rings (SSSR count). The van der Waals surface area contributed by atoms with Crippen LogP contribution in [0.1, 0.15) is 35.8 Å². The largest absolute Gasteiger partial charge is 0.383 e. The summed E-state index contributed by atoms with van der Waals surface area (Å²) in [6.07, 6.45) is 4.88. The highest BCUT2D eigenvalue weighted by atomic mass is 16.5. The van der Waals surface area contributed by atoms with Crippen LogP contribution in [-0.4, -0.2) is 77.0 Å². The molecule has 1 saturated carbocycles. The highest BCUT2D eigenvalue weighted by Gasteiger charge is 2.38. The van der Waals surface area contributed by atoms with Gasteiger partial charge in [0.2, 0.25) is 5.91 Å². The molecule has 0 radical (unpaired) electrons. The van der Waals surface area contributed by atoms with E-state index < -0.39 is 0 Å². The van der Waals surface area contributed by atoms with Crippen molar-refractivity contribution in [1.82, 2.24) is 24.8 Å². The first-order valence-electron chi connectivity index (χ1n) is 8.05. The van der Waals surface area contributed by atoms with Gasteiger partial charge in [-0.05, 0) is 12.8 Å². The second-order valence-electron chi connectivity index (χ2n) is 6.33. The van der Waals surface area contributed by atoms with Crippen molar-refractivity contribution < 1.29 is 14.3 Å². The Morgan fingerprint density at radius 2 is 2.13 bits per heavy atom. The highest BCUT2D eigenvalue weighted by molar-refractivity contribution is 5.91. The number of carbonyl (C=O) groups is 2. The third kappa shape index (κ3) is 3.21. The predicted octanol–water partition coefficient (Wildman–Crippen LogP) is 0.180. The Morgan fingerprint density at radius 1 is 1.39 bits per heavy atom. The summed E-state index contributed by atoms with van der Waals surface area (Å²) < 4.78 is 6.66. The lowest BCUT2D eigenvalue weighted by molar-refractivity contribution is -0.144. The van der Waals surface area contributed by atoms with E-state index in [1.54, 1.807) is 29.9 Å². The molecule has 0 unspecified atom stereocenters. The Kier molecular flexibility index (Phi) is 4.61. The van der Waals surface area contributed by atoms with Crippen molar-refractivity contribution in [2.75, 3.05) is 40.4 Å². The van der Waals surface area contributed by atoms with Crippen LogP contribution >= 0.6 is 0 Å². The van der Waals surface area contributed by atoms with Gasteiger partial charge in [-0.2, -0.15) is 0 Å². The molecular formula is C15H23N5O3. The van der Waals surface area contributed by atoms with Gasteiger partial charge in [-0.25, -0.2) is 4.68 Å². The van der Waals surface area contributed by atoms with Crippen molar-refractivity contribution in [1.29, 1.82) is 0 Å². The third-order valence-corrected chi connectivity index (χ3v) is 4.71. The van der Waals surface area contributed by atoms with Gasteiger partial charge in [0, 0.05) is 39.7 Å². The Hall–Kier alpha value is -1.96. The zero-order chi connectivity index (χ0) is 16.4. The summed E-state index contributed by atoms with van der Waals surface area (Å²) in [4.78, 5) is 27.7. The maximum absolute atomic E-state index is 12.2. The van der Waals surface area contributed by atoms with Gasteiger partial charge >= 0.3 is 0 Å². The van der Waals surface area contributed by atoms with Crippen LogP contribution in [0.5, 0.6) is 0 Å². The number of hydrogen-bond donors (Lipinski definition) is 0. The van der Waals surface area contributed by atoms with E-state index in [0.29, 0.717) is 31.9 Å². The van der Waals surface area contributed by atoms with Gasteiger partial charge in [0.05, 0.1) is 18.8 Å². The number of carbonyl (C=O) groups excluding carboxylic acids is 2. The van der Waals surface area contributed by atoms with E-state index in [1.807, 2.05) is 4.90 Å². The maximum Gasteiger partial charge on any atom is 0.275 e. The molecule has 23 heavy (non-hydrogen) atoms. The second kappa shape index (κ2) is 6.66. The number of hydrogen-bond acceptors (Lipinski definition) is 5. The molecule has 1 aliphatic heterocycles. The molecule has 126 valence electrons. The third-order valence-electron chi connectivity index (χ3n) is 4.71. The average Bonchev–Trinajstić information content (AvgIpc) is 2.89. The molecule has 1 saturated heterocycles. The summed E-state index contributed by atoms with van der Waals surface area (Å²) in [5.74, 6) is 0.330. The van der Waals surface area contributed by atoms with E-state index >= 15 is 0 Å². The van der Waals surface area contributed by atoms with E-state index in [4.69, 9.17) is 4.74 Å². The van der Waals surface area contributed by atoms with Gasteiger partial charge in [0.15, 0.2) is 5.69 Å². The first-order valence-corrected chi connectivity index (χ1v) is 8.05. The number of amides is 2. The molecule has 1 aromatic rings. The normalized spacial score (nSPS) is 18.4. The number of likely N-dealkylation sites (tertiary alicyclic amines) is 1. The van der Waals surface area contributed by atoms with Crippen molar-refractivity contribution in [2.24, 2.45) is 5.92 Å². The summed E-state index contributed by atoms with van der Waals surface area (Å²) in [6.45, 7) is 2.31. The molecule has 8 nitrogen and oxygen atoms in total. The van der Waals surface area contributed by atoms with Crippen LogP contribution < -0.4 is 0 Å². The van der Waals surface area contributed by atoms with E-state index in [2.05, 4.69) is 10.3 Å². The van der Waals surface area contributed by atoms with Crippen molar-refractivity contribution in [3.63, 3.8) is 0 Å². The number of likely N-dealkylation sites (N-methyl/N-ethyl adjacent to an activating group) is 1. The number of nitrogens with zero attached hydrogens (tertiary/aromatic N) is 5. The molecule has 0 N–H and O–H groups in total. The fourth-order valence-electron chi connectivity index (χ4n) is 2.79. The van der Waals surface area contributed by atoms with Crippen LogP contribution in [0.3, 0.4) is 0 Å². The molecular weight excluding hydrogens is 298 g/mol. The second-order valence-corrected chi connectivity index (χ2v) is 6.33. The zero-order valence-corrected chi connectivity index (χ0v) is 13.6. The van der Waals surface area contributed by atoms with Gasteiger partial charge in [-0.3, -0.25) is 9.59 Å². The monoisotopic (exact) mass is 321 g/mol. The van der Waals surface area contributed by atoms with Crippen molar-refractivity contribution >= 4 is 11.8 Å². The van der Waals surface area contributed by atoms with E-state index in [-0.39, 0.29) is 23.8 Å². The average molecular weight is 321 g/mol. The summed E-state index contributed by atoms with van der Waals surface area (Å²) in [7, 11) is 3.31. The summed E-state index contributed by atoms with van der Waals surface area (Å²) in [5.41, 5.74) is 0.326. The molecule has 1 aromatic heterocycles. The molecule has 2 fully saturated rings. The summed E-state index contributed by atoms with van der Waals surface area (Å²) >= 11 is 0. The van der Waals surface area contributed by atoms with Gasteiger partial charge in [-0.15, -0.1) is 5.10 Å². The van der Waals surface area contributed by atoms with E-state index in [1.165, 1.54) is 6.42 Å². The highest BCUT2D eigenvalue weighted by Crippen LogP contribution is 2.31. The lowest BCUT2D eigenvalue weighted by Gasteiger charge is -2.42. The molecule has 2 amide bonds. The SMILES string of the molecule is COCCN(C)C(=O)c1cn(C2CN(C(=O)C3CCC3)C2)nn1. The number of aromatic nitrogens is 3. The smallest absolute Gasteiger partial charge is 0.275 e. The van der Waals surface area contributed by atoms with E-state index in [0.717, 1.165) is 12.8 Å². The number of ether oxygens (including phenoxy) is 1.